The van der Waals surface area contributed by atoms with E-state index in [1.54, 1.807) is 0 Å². The van der Waals surface area contributed by atoms with Crippen LogP contribution < -0.4 is 5.32 Å². The maximum atomic E-state index is 12.1. The number of nitrogens with one attached hydrogen (secondary N) is 1. The molecule has 1 N–H and O–H groups in total. The van der Waals surface area contributed by atoms with Crippen molar-refractivity contribution in [3.05, 3.63) is 65.2 Å². The van der Waals surface area contributed by atoms with E-state index in [9.17, 15) is 4.79 Å². The Bertz CT molecular complexity index is 605. The van der Waals surface area contributed by atoms with Gasteiger partial charge in [0.25, 0.3) is 0 Å². The van der Waals surface area contributed by atoms with E-state index in [-0.39, 0.29) is 5.91 Å². The summed E-state index contributed by atoms with van der Waals surface area (Å²) in [5.74, 6) is 0.0129. The van der Waals surface area contributed by atoms with Crippen molar-refractivity contribution in [3.63, 3.8) is 0 Å². The highest BCUT2D eigenvalue weighted by molar-refractivity contribution is 5.92. The van der Waals surface area contributed by atoms with Crippen LogP contribution in [0.15, 0.2) is 48.5 Å². The van der Waals surface area contributed by atoms with Crippen LogP contribution >= 0.6 is 0 Å². The minimum absolute atomic E-state index is 0.0129. The fourth-order valence-corrected chi connectivity index (χ4v) is 2.21. The molecular formula is C18H22N2O. The normalized spacial score (nSPS) is 10.7. The number of carbonyl (C=O) groups is 1. The lowest BCUT2D eigenvalue weighted by Crippen LogP contribution is -2.30. The standard InChI is InChI=1S/C18H22N2O/c1-14-8-10-16(11-9-14)12-20(3)13-18(21)19-17-7-5-4-6-15(17)2/h4-11H,12-13H2,1-3H3,(H,19,21). The summed E-state index contributed by atoms with van der Waals surface area (Å²) >= 11 is 0. The molecule has 0 unspecified atom stereocenters. The second-order valence-corrected chi connectivity index (χ2v) is 5.52. The molecule has 110 valence electrons. The van der Waals surface area contributed by atoms with Crippen LogP contribution in [0.5, 0.6) is 0 Å². The molecule has 2 aromatic rings. The Kier molecular flexibility index (Phi) is 5.12. The maximum absolute atomic E-state index is 12.1. The molecule has 0 saturated carbocycles. The Balaban J connectivity index is 1.87. The number of anilines is 1. The Morgan fingerprint density at radius 2 is 1.71 bits per heavy atom. The van der Waals surface area contributed by atoms with E-state index in [1.807, 2.05) is 43.1 Å². The molecule has 0 atom stereocenters. The van der Waals surface area contributed by atoms with Gasteiger partial charge in [0.05, 0.1) is 6.54 Å². The SMILES string of the molecule is Cc1ccc(CN(C)CC(=O)Nc2ccccc2C)cc1. The number of likely N-dealkylation sites (N-methyl/N-ethyl adjacent to an activating group) is 1. The van der Waals surface area contributed by atoms with Gasteiger partial charge in [0, 0.05) is 12.2 Å². The van der Waals surface area contributed by atoms with Gasteiger partial charge in [-0.25, -0.2) is 0 Å². The minimum Gasteiger partial charge on any atom is -0.325 e. The number of para-hydroxylation sites is 1. The van der Waals surface area contributed by atoms with E-state index in [4.69, 9.17) is 0 Å². The van der Waals surface area contributed by atoms with Crippen LogP contribution in [0.4, 0.5) is 5.69 Å². The third kappa shape index (κ3) is 4.72. The van der Waals surface area contributed by atoms with Crippen molar-refractivity contribution >= 4 is 11.6 Å². The highest BCUT2D eigenvalue weighted by atomic mass is 16.2. The van der Waals surface area contributed by atoms with Gasteiger partial charge in [-0.1, -0.05) is 48.0 Å². The van der Waals surface area contributed by atoms with Gasteiger partial charge in [0.2, 0.25) is 5.91 Å². The molecule has 3 heteroatoms. The Labute approximate surface area is 126 Å². The predicted octanol–water partition coefficient (Wildman–Crippen LogP) is 3.37. The van der Waals surface area contributed by atoms with E-state index >= 15 is 0 Å². The molecule has 0 heterocycles. The Morgan fingerprint density at radius 1 is 1.05 bits per heavy atom. The van der Waals surface area contributed by atoms with Crippen LogP contribution in [0.3, 0.4) is 0 Å². The number of hydrogen-bond acceptors (Lipinski definition) is 2. The van der Waals surface area contributed by atoms with E-state index in [1.165, 1.54) is 11.1 Å². The van der Waals surface area contributed by atoms with Crippen LogP contribution in [0, 0.1) is 13.8 Å². The molecule has 0 aliphatic heterocycles. The molecule has 2 rings (SSSR count). The fraction of sp³-hybridized carbons (Fsp3) is 0.278. The highest BCUT2D eigenvalue weighted by Gasteiger charge is 2.08. The first-order valence-corrected chi connectivity index (χ1v) is 7.14. The molecule has 0 saturated heterocycles. The lowest BCUT2D eigenvalue weighted by atomic mass is 10.1. The van der Waals surface area contributed by atoms with Gasteiger partial charge in [0.15, 0.2) is 0 Å². The number of carbonyl (C=O) groups excluding carboxylic acids is 1. The molecule has 0 aliphatic rings. The molecular weight excluding hydrogens is 260 g/mol. The molecule has 0 spiro atoms. The zero-order valence-corrected chi connectivity index (χ0v) is 12.9. The first-order valence-electron chi connectivity index (χ1n) is 7.14. The average Bonchev–Trinajstić information content (AvgIpc) is 2.44. The predicted molar refractivity (Wildman–Crippen MR) is 87.3 cm³/mol. The van der Waals surface area contributed by atoms with Crippen LogP contribution in [-0.2, 0) is 11.3 Å². The van der Waals surface area contributed by atoms with Crippen LogP contribution in [-0.4, -0.2) is 24.4 Å². The molecule has 2 aromatic carbocycles. The summed E-state index contributed by atoms with van der Waals surface area (Å²) in [6.45, 7) is 5.21. The van der Waals surface area contributed by atoms with Gasteiger partial charge in [-0.15, -0.1) is 0 Å². The van der Waals surface area contributed by atoms with Crippen molar-refractivity contribution in [1.29, 1.82) is 0 Å². The number of benzene rings is 2. The minimum atomic E-state index is 0.0129. The third-order valence-electron chi connectivity index (χ3n) is 3.41. The van der Waals surface area contributed by atoms with E-state index in [2.05, 4.69) is 36.5 Å². The molecule has 1 amide bonds. The van der Waals surface area contributed by atoms with Gasteiger partial charge < -0.3 is 5.32 Å². The number of aryl methyl sites for hydroxylation is 2. The van der Waals surface area contributed by atoms with Gasteiger partial charge in [-0.05, 0) is 38.1 Å². The van der Waals surface area contributed by atoms with Crippen LogP contribution in [0.2, 0.25) is 0 Å². The lowest BCUT2D eigenvalue weighted by Gasteiger charge is -2.17. The van der Waals surface area contributed by atoms with E-state index in [0.717, 1.165) is 17.8 Å². The van der Waals surface area contributed by atoms with Crippen molar-refractivity contribution in [2.75, 3.05) is 18.9 Å². The fourth-order valence-electron chi connectivity index (χ4n) is 2.21. The Hall–Kier alpha value is -2.13. The molecule has 0 bridgehead atoms. The van der Waals surface area contributed by atoms with Gasteiger partial charge in [-0.2, -0.15) is 0 Å². The number of nitrogens with zero attached hydrogens (tertiary/aromatic N) is 1. The highest BCUT2D eigenvalue weighted by Crippen LogP contribution is 2.13. The van der Waals surface area contributed by atoms with Crippen molar-refractivity contribution in [2.45, 2.75) is 20.4 Å². The number of hydrogen-bond donors (Lipinski definition) is 1. The van der Waals surface area contributed by atoms with Crippen LogP contribution in [0.1, 0.15) is 16.7 Å². The van der Waals surface area contributed by atoms with Gasteiger partial charge in [-0.3, -0.25) is 9.69 Å². The third-order valence-corrected chi connectivity index (χ3v) is 3.41. The zero-order chi connectivity index (χ0) is 15.2. The van der Waals surface area contributed by atoms with E-state index < -0.39 is 0 Å². The summed E-state index contributed by atoms with van der Waals surface area (Å²) in [4.78, 5) is 14.1. The second kappa shape index (κ2) is 7.04. The molecule has 0 aliphatic carbocycles. The molecule has 3 nitrogen and oxygen atoms in total. The molecule has 0 radical (unpaired) electrons. The van der Waals surface area contributed by atoms with Crippen molar-refractivity contribution in [1.82, 2.24) is 4.90 Å². The molecule has 0 aromatic heterocycles. The van der Waals surface area contributed by atoms with Crippen LogP contribution in [0.25, 0.3) is 0 Å². The van der Waals surface area contributed by atoms with Crippen molar-refractivity contribution in [2.24, 2.45) is 0 Å². The van der Waals surface area contributed by atoms with Crippen molar-refractivity contribution < 1.29 is 4.79 Å². The largest absolute Gasteiger partial charge is 0.325 e. The quantitative estimate of drug-likeness (QED) is 0.912. The summed E-state index contributed by atoms with van der Waals surface area (Å²) < 4.78 is 0. The summed E-state index contributed by atoms with van der Waals surface area (Å²) in [7, 11) is 1.96. The first-order chi connectivity index (χ1) is 10.0. The van der Waals surface area contributed by atoms with E-state index in [0.29, 0.717) is 6.54 Å². The average molecular weight is 282 g/mol. The second-order valence-electron chi connectivity index (χ2n) is 5.52. The monoisotopic (exact) mass is 282 g/mol. The zero-order valence-electron chi connectivity index (χ0n) is 12.9. The Morgan fingerprint density at radius 3 is 2.38 bits per heavy atom. The lowest BCUT2D eigenvalue weighted by molar-refractivity contribution is -0.117. The number of amides is 1. The summed E-state index contributed by atoms with van der Waals surface area (Å²) in [5, 5.41) is 2.96. The molecule has 0 fully saturated rings. The van der Waals surface area contributed by atoms with Gasteiger partial charge >= 0.3 is 0 Å². The smallest absolute Gasteiger partial charge is 0.238 e. The van der Waals surface area contributed by atoms with Gasteiger partial charge in [0.1, 0.15) is 0 Å². The summed E-state index contributed by atoms with van der Waals surface area (Å²) in [6, 6.07) is 16.2. The maximum Gasteiger partial charge on any atom is 0.238 e. The molecule has 21 heavy (non-hydrogen) atoms. The summed E-state index contributed by atoms with van der Waals surface area (Å²) in [5.41, 5.74) is 4.42. The first kappa shape index (κ1) is 15.3. The summed E-state index contributed by atoms with van der Waals surface area (Å²) in [6.07, 6.45) is 0. The van der Waals surface area contributed by atoms with Crippen molar-refractivity contribution in [3.8, 4) is 0 Å². The number of rotatable bonds is 5. The topological polar surface area (TPSA) is 32.3 Å².